The highest BCUT2D eigenvalue weighted by Crippen LogP contribution is 2.19. The van der Waals surface area contributed by atoms with Gasteiger partial charge in [0.15, 0.2) is 0 Å². The molecule has 0 aliphatic carbocycles. The minimum Gasteiger partial charge on any atom is -0.389 e. The van der Waals surface area contributed by atoms with Crippen LogP contribution in [0.1, 0.15) is 24.4 Å². The van der Waals surface area contributed by atoms with E-state index in [2.05, 4.69) is 15.5 Å². The molecule has 6 heteroatoms. The number of rotatable bonds is 5. The molecule has 0 fully saturated rings. The number of benzene rings is 1. The van der Waals surface area contributed by atoms with Crippen molar-refractivity contribution < 1.29 is 9.50 Å². The molecule has 2 aromatic rings. The first-order valence-corrected chi connectivity index (χ1v) is 6.77. The van der Waals surface area contributed by atoms with Crippen LogP contribution in [-0.2, 0) is 6.42 Å². The molecular weight excluding hydrogens is 265 g/mol. The molecule has 0 spiro atoms. The predicted octanol–water partition coefficient (Wildman–Crippen LogP) is 2.45. The molecular formula is C13H16FN3OS. The van der Waals surface area contributed by atoms with Gasteiger partial charge in [-0.3, -0.25) is 0 Å². The molecule has 2 rings (SSSR count). The van der Waals surface area contributed by atoms with E-state index in [1.807, 2.05) is 0 Å². The molecule has 0 amide bonds. The van der Waals surface area contributed by atoms with E-state index in [-0.39, 0.29) is 5.82 Å². The summed E-state index contributed by atoms with van der Waals surface area (Å²) in [5.41, 5.74) is 0.203. The Morgan fingerprint density at radius 3 is 2.58 bits per heavy atom. The van der Waals surface area contributed by atoms with E-state index in [1.165, 1.54) is 23.5 Å². The van der Waals surface area contributed by atoms with Crippen molar-refractivity contribution in [2.24, 2.45) is 0 Å². The van der Waals surface area contributed by atoms with Crippen LogP contribution in [0.25, 0.3) is 0 Å². The summed E-state index contributed by atoms with van der Waals surface area (Å²) in [5, 5.41) is 22.2. The van der Waals surface area contributed by atoms with E-state index < -0.39 is 5.60 Å². The molecule has 0 radical (unpaired) electrons. The zero-order chi connectivity index (χ0) is 13.9. The van der Waals surface area contributed by atoms with E-state index in [4.69, 9.17) is 0 Å². The monoisotopic (exact) mass is 281 g/mol. The van der Waals surface area contributed by atoms with Gasteiger partial charge in [0.1, 0.15) is 10.8 Å². The van der Waals surface area contributed by atoms with E-state index in [0.29, 0.717) is 18.1 Å². The van der Waals surface area contributed by atoms with Crippen molar-refractivity contribution in [2.75, 3.05) is 11.9 Å². The lowest BCUT2D eigenvalue weighted by molar-refractivity contribution is 0.0945. The first kappa shape index (κ1) is 13.9. The van der Waals surface area contributed by atoms with Crippen molar-refractivity contribution in [2.45, 2.75) is 25.9 Å². The number of halogens is 1. The van der Waals surface area contributed by atoms with Crippen molar-refractivity contribution in [3.8, 4) is 0 Å². The zero-order valence-corrected chi connectivity index (χ0v) is 11.7. The first-order chi connectivity index (χ1) is 8.92. The number of hydrogen-bond acceptors (Lipinski definition) is 5. The fraction of sp³-hybridized carbons (Fsp3) is 0.385. The molecule has 0 atom stereocenters. The van der Waals surface area contributed by atoms with Gasteiger partial charge >= 0.3 is 0 Å². The summed E-state index contributed by atoms with van der Waals surface area (Å²) in [6, 6.07) is 6.34. The van der Waals surface area contributed by atoms with Gasteiger partial charge in [0.2, 0.25) is 5.13 Å². The Morgan fingerprint density at radius 2 is 1.95 bits per heavy atom. The van der Waals surface area contributed by atoms with Crippen molar-refractivity contribution in [3.05, 3.63) is 40.7 Å². The first-order valence-electron chi connectivity index (χ1n) is 5.95. The molecule has 0 saturated carbocycles. The van der Waals surface area contributed by atoms with Gasteiger partial charge in [-0.1, -0.05) is 23.5 Å². The number of anilines is 1. The Hall–Kier alpha value is -1.53. The van der Waals surface area contributed by atoms with Crippen molar-refractivity contribution in [3.63, 3.8) is 0 Å². The molecule has 0 bridgehead atoms. The number of aliphatic hydroxyl groups is 1. The number of nitrogens with one attached hydrogen (secondary N) is 1. The van der Waals surface area contributed by atoms with Gasteiger partial charge in [-0.25, -0.2) is 4.39 Å². The Labute approximate surface area is 115 Å². The van der Waals surface area contributed by atoms with Crippen LogP contribution in [0, 0.1) is 5.82 Å². The lowest BCUT2D eigenvalue weighted by atomic mass is 10.1. The third kappa shape index (κ3) is 4.57. The third-order valence-corrected chi connectivity index (χ3v) is 3.29. The summed E-state index contributed by atoms with van der Waals surface area (Å²) in [6.07, 6.45) is 0.627. The molecule has 19 heavy (non-hydrogen) atoms. The Bertz CT molecular complexity index is 534. The highest BCUT2D eigenvalue weighted by atomic mass is 32.1. The van der Waals surface area contributed by atoms with E-state index in [1.54, 1.807) is 26.0 Å². The maximum absolute atomic E-state index is 12.8. The number of aromatic nitrogens is 2. The van der Waals surface area contributed by atoms with Gasteiger partial charge in [-0.2, -0.15) is 0 Å². The van der Waals surface area contributed by atoms with E-state index in [0.717, 1.165) is 10.6 Å². The molecule has 1 heterocycles. The Morgan fingerprint density at radius 1 is 1.26 bits per heavy atom. The second-order valence-electron chi connectivity index (χ2n) is 4.97. The van der Waals surface area contributed by atoms with Crippen LogP contribution in [0.5, 0.6) is 0 Å². The quantitative estimate of drug-likeness (QED) is 0.884. The van der Waals surface area contributed by atoms with Gasteiger partial charge < -0.3 is 10.4 Å². The summed E-state index contributed by atoms with van der Waals surface area (Å²) >= 11 is 1.43. The average Bonchev–Trinajstić information content (AvgIpc) is 2.77. The standard InChI is InChI=1S/C13H16FN3OS/c1-13(2,18)8-15-12-17-16-11(19-12)7-9-3-5-10(14)6-4-9/h3-6,18H,7-8H2,1-2H3,(H,15,17). The van der Waals surface area contributed by atoms with E-state index >= 15 is 0 Å². The molecule has 1 aromatic carbocycles. The molecule has 1 aromatic heterocycles. The largest absolute Gasteiger partial charge is 0.389 e. The second kappa shape index (κ2) is 5.63. The normalized spacial score (nSPS) is 11.6. The van der Waals surface area contributed by atoms with Crippen LogP contribution >= 0.6 is 11.3 Å². The summed E-state index contributed by atoms with van der Waals surface area (Å²) in [4.78, 5) is 0. The summed E-state index contributed by atoms with van der Waals surface area (Å²) in [6.45, 7) is 3.86. The highest BCUT2D eigenvalue weighted by molar-refractivity contribution is 7.15. The minimum absolute atomic E-state index is 0.242. The van der Waals surface area contributed by atoms with Crippen LogP contribution in [0.2, 0.25) is 0 Å². The fourth-order valence-corrected chi connectivity index (χ4v) is 2.23. The molecule has 0 aliphatic heterocycles. The number of hydrogen-bond donors (Lipinski definition) is 2. The summed E-state index contributed by atoms with van der Waals surface area (Å²) in [5.74, 6) is -0.242. The van der Waals surface area contributed by atoms with Gasteiger partial charge in [0, 0.05) is 13.0 Å². The topological polar surface area (TPSA) is 58.0 Å². The summed E-state index contributed by atoms with van der Waals surface area (Å²) in [7, 11) is 0. The molecule has 0 aliphatic rings. The van der Waals surface area contributed by atoms with Crippen LogP contribution in [0.4, 0.5) is 9.52 Å². The van der Waals surface area contributed by atoms with Gasteiger partial charge in [0.05, 0.1) is 5.60 Å². The smallest absolute Gasteiger partial charge is 0.205 e. The van der Waals surface area contributed by atoms with Gasteiger partial charge in [-0.05, 0) is 31.5 Å². The molecule has 102 valence electrons. The number of nitrogens with zero attached hydrogens (tertiary/aromatic N) is 2. The molecule has 0 unspecified atom stereocenters. The third-order valence-electron chi connectivity index (χ3n) is 2.41. The average molecular weight is 281 g/mol. The lowest BCUT2D eigenvalue weighted by Gasteiger charge is -2.16. The van der Waals surface area contributed by atoms with Crippen molar-refractivity contribution in [1.82, 2.24) is 10.2 Å². The van der Waals surface area contributed by atoms with Crippen molar-refractivity contribution in [1.29, 1.82) is 0 Å². The van der Waals surface area contributed by atoms with Gasteiger partial charge in [-0.15, -0.1) is 10.2 Å². The summed E-state index contributed by atoms with van der Waals surface area (Å²) < 4.78 is 12.8. The molecule has 0 saturated heterocycles. The fourth-order valence-electron chi connectivity index (χ4n) is 1.47. The zero-order valence-electron chi connectivity index (χ0n) is 10.9. The Balaban J connectivity index is 1.95. The van der Waals surface area contributed by atoms with Gasteiger partial charge in [0.25, 0.3) is 0 Å². The minimum atomic E-state index is -0.789. The molecule has 4 nitrogen and oxygen atoms in total. The van der Waals surface area contributed by atoms with Crippen LogP contribution in [0.15, 0.2) is 24.3 Å². The SMILES string of the molecule is CC(C)(O)CNc1nnc(Cc2ccc(F)cc2)s1. The maximum Gasteiger partial charge on any atom is 0.205 e. The van der Waals surface area contributed by atoms with Crippen LogP contribution < -0.4 is 5.32 Å². The van der Waals surface area contributed by atoms with Crippen LogP contribution in [-0.4, -0.2) is 27.4 Å². The molecule has 2 N–H and O–H groups in total. The Kier molecular flexibility index (Phi) is 4.11. The highest BCUT2D eigenvalue weighted by Gasteiger charge is 2.13. The lowest BCUT2D eigenvalue weighted by Crippen LogP contribution is -2.29. The second-order valence-corrected chi connectivity index (χ2v) is 6.03. The van der Waals surface area contributed by atoms with E-state index in [9.17, 15) is 9.50 Å². The van der Waals surface area contributed by atoms with Crippen LogP contribution in [0.3, 0.4) is 0 Å². The predicted molar refractivity (Wildman–Crippen MR) is 73.9 cm³/mol. The van der Waals surface area contributed by atoms with Crippen molar-refractivity contribution >= 4 is 16.5 Å². The maximum atomic E-state index is 12.8.